The van der Waals surface area contributed by atoms with E-state index in [1.54, 1.807) is 4.57 Å². The summed E-state index contributed by atoms with van der Waals surface area (Å²) in [6.45, 7) is 1.99. The molecule has 1 aliphatic heterocycles. The van der Waals surface area contributed by atoms with Crippen molar-refractivity contribution in [2.75, 3.05) is 13.2 Å². The van der Waals surface area contributed by atoms with Gasteiger partial charge in [-0.2, -0.15) is 5.10 Å². The van der Waals surface area contributed by atoms with Gasteiger partial charge in [-0.3, -0.25) is 19.4 Å². The molecule has 0 radical (unpaired) electrons. The minimum absolute atomic E-state index is 0.0662. The number of fused-ring (bicyclic) bond motifs is 1. The number of nitrogens with zero attached hydrogens (tertiary/aromatic N) is 4. The van der Waals surface area contributed by atoms with Crippen molar-refractivity contribution in [3.05, 3.63) is 57.9 Å². The third-order valence-electron chi connectivity index (χ3n) is 5.99. The third-order valence-corrected chi connectivity index (χ3v) is 5.99. The van der Waals surface area contributed by atoms with Crippen molar-refractivity contribution in [2.45, 2.75) is 50.7 Å². The topological polar surface area (TPSA) is 87.0 Å². The minimum Gasteiger partial charge on any atom is -0.395 e. The molecular formula is C21H25N5O2. The lowest BCUT2D eigenvalue weighted by molar-refractivity contribution is 0.223. The van der Waals surface area contributed by atoms with Crippen LogP contribution in [-0.2, 0) is 13.1 Å². The summed E-state index contributed by atoms with van der Waals surface area (Å²) < 4.78 is 1.67. The SMILES string of the molecule is O=c1c2ccccc2nc(C2CCCN2Cc2cn[nH]c2C2CC2)n1CCO. The van der Waals surface area contributed by atoms with Crippen LogP contribution in [0.25, 0.3) is 10.9 Å². The highest BCUT2D eigenvalue weighted by Crippen LogP contribution is 2.41. The number of aromatic nitrogens is 4. The average Bonchev–Trinajstić information content (AvgIpc) is 3.27. The number of H-pyrrole nitrogens is 1. The van der Waals surface area contributed by atoms with Crippen LogP contribution in [0.4, 0.5) is 0 Å². The zero-order valence-electron chi connectivity index (χ0n) is 15.8. The molecule has 146 valence electrons. The second-order valence-corrected chi connectivity index (χ2v) is 7.88. The van der Waals surface area contributed by atoms with E-state index in [9.17, 15) is 9.90 Å². The summed E-state index contributed by atoms with van der Waals surface area (Å²) in [7, 11) is 0. The third kappa shape index (κ3) is 3.04. The van der Waals surface area contributed by atoms with Crippen LogP contribution < -0.4 is 5.56 Å². The fourth-order valence-electron chi connectivity index (χ4n) is 4.45. The van der Waals surface area contributed by atoms with E-state index in [-0.39, 0.29) is 24.8 Å². The van der Waals surface area contributed by atoms with Gasteiger partial charge in [-0.25, -0.2) is 4.98 Å². The predicted molar refractivity (Wildman–Crippen MR) is 106 cm³/mol. The van der Waals surface area contributed by atoms with Gasteiger partial charge in [0.25, 0.3) is 5.56 Å². The Balaban J connectivity index is 1.53. The quantitative estimate of drug-likeness (QED) is 0.686. The Labute approximate surface area is 163 Å². The molecule has 1 aliphatic carbocycles. The molecule has 1 saturated carbocycles. The van der Waals surface area contributed by atoms with Crippen LogP contribution in [0.2, 0.25) is 0 Å². The molecular weight excluding hydrogens is 354 g/mol. The molecule has 2 aromatic heterocycles. The first kappa shape index (κ1) is 17.6. The number of rotatable bonds is 6. The Bertz CT molecular complexity index is 1050. The molecule has 0 amide bonds. The lowest BCUT2D eigenvalue weighted by atomic mass is 10.1. The molecule has 2 fully saturated rings. The Morgan fingerprint density at radius 1 is 1.21 bits per heavy atom. The maximum absolute atomic E-state index is 13.0. The number of likely N-dealkylation sites (tertiary alicyclic amines) is 1. The van der Waals surface area contributed by atoms with Gasteiger partial charge in [0, 0.05) is 23.7 Å². The van der Waals surface area contributed by atoms with E-state index < -0.39 is 0 Å². The standard InChI is InChI=1S/C21H25N5O2/c27-11-10-26-20(23-17-5-2-1-4-16(17)21(26)28)18-6-3-9-25(18)13-15-12-22-24-19(15)14-7-8-14/h1-2,4-5,12,14,18,27H,3,6-11,13H2,(H,22,24). The summed E-state index contributed by atoms with van der Waals surface area (Å²) in [4.78, 5) is 20.3. The zero-order valence-corrected chi connectivity index (χ0v) is 15.8. The molecule has 1 unspecified atom stereocenters. The molecule has 7 heteroatoms. The van der Waals surface area contributed by atoms with Crippen molar-refractivity contribution in [1.82, 2.24) is 24.6 Å². The lowest BCUT2D eigenvalue weighted by Gasteiger charge is -2.26. The minimum atomic E-state index is -0.0762. The van der Waals surface area contributed by atoms with E-state index in [1.807, 2.05) is 30.5 Å². The van der Waals surface area contributed by atoms with Crippen LogP contribution in [0.5, 0.6) is 0 Å². The van der Waals surface area contributed by atoms with Gasteiger partial charge in [-0.1, -0.05) is 12.1 Å². The van der Waals surface area contributed by atoms with Gasteiger partial charge in [0.05, 0.1) is 36.3 Å². The number of aromatic amines is 1. The van der Waals surface area contributed by atoms with Crippen LogP contribution in [-0.4, -0.2) is 42.9 Å². The normalized spacial score (nSPS) is 20.2. The highest BCUT2D eigenvalue weighted by molar-refractivity contribution is 5.77. The van der Waals surface area contributed by atoms with E-state index in [2.05, 4.69) is 15.1 Å². The van der Waals surface area contributed by atoms with Crippen molar-refractivity contribution >= 4 is 10.9 Å². The smallest absolute Gasteiger partial charge is 0.261 e. The zero-order chi connectivity index (χ0) is 19.1. The molecule has 1 saturated heterocycles. The van der Waals surface area contributed by atoms with Gasteiger partial charge in [0.1, 0.15) is 5.82 Å². The second-order valence-electron chi connectivity index (χ2n) is 7.88. The van der Waals surface area contributed by atoms with Crippen molar-refractivity contribution in [3.8, 4) is 0 Å². The number of para-hydroxylation sites is 1. The maximum Gasteiger partial charge on any atom is 0.261 e. The fourth-order valence-corrected chi connectivity index (χ4v) is 4.45. The fraction of sp³-hybridized carbons (Fsp3) is 0.476. The molecule has 5 rings (SSSR count). The first-order valence-corrected chi connectivity index (χ1v) is 10.1. The summed E-state index contributed by atoms with van der Waals surface area (Å²) in [6.07, 6.45) is 6.45. The summed E-state index contributed by atoms with van der Waals surface area (Å²) in [5.74, 6) is 1.40. The van der Waals surface area contributed by atoms with Gasteiger partial charge in [0.15, 0.2) is 0 Å². The van der Waals surface area contributed by atoms with Crippen LogP contribution in [0.1, 0.15) is 54.7 Å². The van der Waals surface area contributed by atoms with Crippen molar-refractivity contribution in [2.24, 2.45) is 0 Å². The molecule has 2 N–H and O–H groups in total. The average molecular weight is 379 g/mol. The van der Waals surface area contributed by atoms with Crippen LogP contribution in [0.3, 0.4) is 0 Å². The Hall–Kier alpha value is -2.51. The number of hydrogen-bond donors (Lipinski definition) is 2. The Morgan fingerprint density at radius 2 is 2.07 bits per heavy atom. The summed E-state index contributed by atoms with van der Waals surface area (Å²) in [5.41, 5.74) is 3.19. The lowest BCUT2D eigenvalue weighted by Crippen LogP contribution is -2.33. The molecule has 28 heavy (non-hydrogen) atoms. The van der Waals surface area contributed by atoms with E-state index in [4.69, 9.17) is 4.98 Å². The monoisotopic (exact) mass is 379 g/mol. The number of benzene rings is 1. The van der Waals surface area contributed by atoms with Crippen LogP contribution >= 0.6 is 0 Å². The highest BCUT2D eigenvalue weighted by atomic mass is 16.3. The molecule has 1 atom stereocenters. The number of hydrogen-bond acceptors (Lipinski definition) is 5. The van der Waals surface area contributed by atoms with Gasteiger partial charge in [-0.15, -0.1) is 0 Å². The van der Waals surface area contributed by atoms with E-state index in [0.717, 1.165) is 37.3 Å². The Morgan fingerprint density at radius 3 is 2.89 bits per heavy atom. The number of aliphatic hydroxyl groups excluding tert-OH is 1. The van der Waals surface area contributed by atoms with E-state index in [0.29, 0.717) is 11.3 Å². The van der Waals surface area contributed by atoms with Crippen LogP contribution in [0, 0.1) is 0 Å². The van der Waals surface area contributed by atoms with E-state index >= 15 is 0 Å². The van der Waals surface area contributed by atoms with Gasteiger partial charge >= 0.3 is 0 Å². The summed E-state index contributed by atoms with van der Waals surface area (Å²) >= 11 is 0. The summed E-state index contributed by atoms with van der Waals surface area (Å²) in [5, 5.41) is 17.6. The van der Waals surface area contributed by atoms with E-state index in [1.165, 1.54) is 24.1 Å². The molecule has 2 aliphatic rings. The Kier molecular flexibility index (Phi) is 4.49. The molecule has 1 aromatic carbocycles. The van der Waals surface area contributed by atoms with Crippen molar-refractivity contribution in [1.29, 1.82) is 0 Å². The first-order chi connectivity index (χ1) is 13.8. The highest BCUT2D eigenvalue weighted by Gasteiger charge is 2.33. The number of aliphatic hydroxyl groups is 1. The van der Waals surface area contributed by atoms with Gasteiger partial charge in [-0.05, 0) is 44.4 Å². The summed E-state index contributed by atoms with van der Waals surface area (Å²) in [6, 6.07) is 7.54. The molecule has 7 nitrogen and oxygen atoms in total. The maximum atomic E-state index is 13.0. The van der Waals surface area contributed by atoms with Crippen LogP contribution in [0.15, 0.2) is 35.3 Å². The molecule has 3 heterocycles. The first-order valence-electron chi connectivity index (χ1n) is 10.1. The number of nitrogens with one attached hydrogen (secondary N) is 1. The second kappa shape index (κ2) is 7.14. The van der Waals surface area contributed by atoms with Gasteiger partial charge < -0.3 is 5.11 Å². The molecule has 0 spiro atoms. The van der Waals surface area contributed by atoms with Gasteiger partial charge in [0.2, 0.25) is 0 Å². The molecule has 0 bridgehead atoms. The largest absolute Gasteiger partial charge is 0.395 e. The predicted octanol–water partition coefficient (Wildman–Crippen LogP) is 2.33. The molecule has 3 aromatic rings. The van der Waals surface area contributed by atoms with Crippen molar-refractivity contribution < 1.29 is 5.11 Å². The van der Waals surface area contributed by atoms with Crippen molar-refractivity contribution in [3.63, 3.8) is 0 Å².